The van der Waals surface area contributed by atoms with E-state index in [1.807, 2.05) is 20.8 Å². The third-order valence-electron chi connectivity index (χ3n) is 2.58. The lowest BCUT2D eigenvalue weighted by Crippen LogP contribution is -2.20. The van der Waals surface area contributed by atoms with Crippen molar-refractivity contribution in [3.05, 3.63) is 0 Å². The van der Waals surface area contributed by atoms with E-state index in [1.165, 1.54) is 0 Å². The molecule has 0 aliphatic carbocycles. The van der Waals surface area contributed by atoms with E-state index in [0.717, 1.165) is 0 Å². The van der Waals surface area contributed by atoms with Crippen molar-refractivity contribution in [2.24, 2.45) is 0 Å². The van der Waals surface area contributed by atoms with Gasteiger partial charge < -0.3 is 14.8 Å². The highest BCUT2D eigenvalue weighted by Gasteiger charge is 2.34. The van der Waals surface area contributed by atoms with Crippen molar-refractivity contribution in [2.45, 2.75) is 38.8 Å². The predicted molar refractivity (Wildman–Crippen MR) is 60.5 cm³/mol. The summed E-state index contributed by atoms with van der Waals surface area (Å²) in [6.45, 7) is 6.12. The Bertz CT molecular complexity index is 184. The Morgan fingerprint density at radius 2 is 1.36 bits per heavy atom. The molecule has 0 heterocycles. The molecule has 14 heavy (non-hydrogen) atoms. The lowest BCUT2D eigenvalue weighted by atomic mass is 10.3. The van der Waals surface area contributed by atoms with Gasteiger partial charge in [-0.2, -0.15) is 0 Å². The Hall–Kier alpha value is 0.150. The maximum absolute atomic E-state index is 12.5. The summed E-state index contributed by atoms with van der Waals surface area (Å²) >= 11 is 0. The minimum atomic E-state index is -2.26. The van der Waals surface area contributed by atoms with Crippen molar-refractivity contribution >= 4 is 7.14 Å². The lowest BCUT2D eigenvalue weighted by molar-refractivity contribution is 0.292. The van der Waals surface area contributed by atoms with E-state index in [1.54, 1.807) is 0 Å². The van der Waals surface area contributed by atoms with E-state index in [2.05, 4.69) is 0 Å². The van der Waals surface area contributed by atoms with Gasteiger partial charge in [0, 0.05) is 30.7 Å². The molecule has 0 fully saturated rings. The first-order chi connectivity index (χ1) is 6.37. The van der Waals surface area contributed by atoms with Crippen molar-refractivity contribution in [3.63, 3.8) is 0 Å². The summed E-state index contributed by atoms with van der Waals surface area (Å²) in [7, 11) is -2.26. The van der Waals surface area contributed by atoms with Crippen LogP contribution in [-0.2, 0) is 4.57 Å². The maximum Gasteiger partial charge on any atom is 0.0929 e. The first-order valence-electron chi connectivity index (χ1n) is 5.17. The average molecular weight is 222 g/mol. The average Bonchev–Trinajstić information content (AvgIpc) is 2.09. The molecular formula is C10H23O3P. The molecule has 0 aliphatic heterocycles. The first kappa shape index (κ1) is 14.2. The van der Waals surface area contributed by atoms with Crippen LogP contribution in [-0.4, -0.2) is 40.9 Å². The third-order valence-corrected chi connectivity index (χ3v) is 7.10. The minimum absolute atomic E-state index is 0.0964. The molecule has 0 amide bonds. The summed E-state index contributed by atoms with van der Waals surface area (Å²) in [4.78, 5) is 0. The summed E-state index contributed by atoms with van der Waals surface area (Å²) in [6.07, 6.45) is 2.37. The molecule has 0 aromatic carbocycles. The molecule has 0 aromatic rings. The monoisotopic (exact) mass is 222 g/mol. The van der Waals surface area contributed by atoms with E-state index >= 15 is 0 Å². The molecule has 0 bridgehead atoms. The van der Waals surface area contributed by atoms with Crippen molar-refractivity contribution in [3.8, 4) is 0 Å². The summed E-state index contributed by atoms with van der Waals surface area (Å²) in [5.41, 5.74) is 0. The molecule has 86 valence electrons. The van der Waals surface area contributed by atoms with Gasteiger partial charge in [-0.15, -0.1) is 0 Å². The fraction of sp³-hybridized carbons (Fsp3) is 1.00. The molecule has 2 N–H and O–H groups in total. The van der Waals surface area contributed by atoms with Crippen LogP contribution < -0.4 is 0 Å². The zero-order valence-corrected chi connectivity index (χ0v) is 10.4. The molecule has 0 unspecified atom stereocenters. The summed E-state index contributed by atoms with van der Waals surface area (Å²) < 4.78 is 12.5. The van der Waals surface area contributed by atoms with Crippen molar-refractivity contribution in [1.82, 2.24) is 0 Å². The summed E-state index contributed by atoms with van der Waals surface area (Å²) in [5.74, 6) is 0. The minimum Gasteiger partial charge on any atom is -0.396 e. The number of hydrogen-bond acceptors (Lipinski definition) is 3. The normalized spacial score (nSPS) is 13.2. The highest BCUT2D eigenvalue weighted by Crippen LogP contribution is 2.58. The number of aliphatic hydroxyl groups excluding tert-OH is 2. The van der Waals surface area contributed by atoms with Crippen LogP contribution >= 0.6 is 7.14 Å². The largest absolute Gasteiger partial charge is 0.396 e. The van der Waals surface area contributed by atoms with Gasteiger partial charge in [0.05, 0.1) is 7.14 Å². The second-order valence-electron chi connectivity index (χ2n) is 4.66. The fourth-order valence-corrected chi connectivity index (χ4v) is 4.30. The van der Waals surface area contributed by atoms with E-state index in [9.17, 15) is 4.57 Å². The van der Waals surface area contributed by atoms with Gasteiger partial charge in [0.15, 0.2) is 0 Å². The van der Waals surface area contributed by atoms with Gasteiger partial charge in [-0.1, -0.05) is 20.8 Å². The van der Waals surface area contributed by atoms with Gasteiger partial charge in [-0.25, -0.2) is 0 Å². The van der Waals surface area contributed by atoms with E-state index in [-0.39, 0.29) is 18.4 Å². The molecule has 3 nitrogen and oxygen atoms in total. The number of rotatable bonds is 6. The van der Waals surface area contributed by atoms with Crippen LogP contribution in [0.3, 0.4) is 0 Å². The molecule has 0 atom stereocenters. The van der Waals surface area contributed by atoms with Gasteiger partial charge in [-0.3, -0.25) is 0 Å². The summed E-state index contributed by atoms with van der Waals surface area (Å²) in [6, 6.07) is 0. The smallest absolute Gasteiger partial charge is 0.0929 e. The van der Waals surface area contributed by atoms with Crippen LogP contribution in [0.5, 0.6) is 0 Å². The van der Waals surface area contributed by atoms with E-state index < -0.39 is 7.14 Å². The zero-order valence-electron chi connectivity index (χ0n) is 9.49. The van der Waals surface area contributed by atoms with Crippen LogP contribution in [0, 0.1) is 0 Å². The van der Waals surface area contributed by atoms with E-state index in [4.69, 9.17) is 10.2 Å². The topological polar surface area (TPSA) is 57.5 Å². The van der Waals surface area contributed by atoms with Gasteiger partial charge in [0.25, 0.3) is 0 Å². The van der Waals surface area contributed by atoms with Gasteiger partial charge in [-0.05, 0) is 12.8 Å². The quantitative estimate of drug-likeness (QED) is 0.675. The lowest BCUT2D eigenvalue weighted by Gasteiger charge is -2.31. The van der Waals surface area contributed by atoms with Crippen LogP contribution in [0.4, 0.5) is 0 Å². The molecule has 4 heteroatoms. The van der Waals surface area contributed by atoms with Gasteiger partial charge in [0.1, 0.15) is 0 Å². The SMILES string of the molecule is CC(C)(C)P(=O)(CCCO)CCCO. The summed E-state index contributed by atoms with van der Waals surface area (Å²) in [5, 5.41) is 17.3. The van der Waals surface area contributed by atoms with Gasteiger partial charge in [0.2, 0.25) is 0 Å². The Kier molecular flexibility index (Phi) is 5.96. The molecule has 0 aromatic heterocycles. The first-order valence-corrected chi connectivity index (χ1v) is 7.25. The maximum atomic E-state index is 12.5. The highest BCUT2D eigenvalue weighted by atomic mass is 31.2. The Morgan fingerprint density at radius 3 is 1.57 bits per heavy atom. The van der Waals surface area contributed by atoms with Crippen LogP contribution in [0.1, 0.15) is 33.6 Å². The predicted octanol–water partition coefficient (Wildman–Crippen LogP) is 1.91. The Labute approximate surface area is 86.9 Å². The second kappa shape index (κ2) is 5.89. The van der Waals surface area contributed by atoms with Crippen LogP contribution in [0.2, 0.25) is 0 Å². The number of hydrogen-bond donors (Lipinski definition) is 2. The van der Waals surface area contributed by atoms with Gasteiger partial charge >= 0.3 is 0 Å². The Morgan fingerprint density at radius 1 is 1.00 bits per heavy atom. The molecule has 0 spiro atoms. The number of aliphatic hydroxyl groups is 2. The fourth-order valence-electron chi connectivity index (χ4n) is 1.43. The molecular weight excluding hydrogens is 199 g/mol. The molecule has 0 saturated heterocycles. The standard InChI is InChI=1S/C10H23O3P/c1-10(2,3)14(13,8-4-6-11)9-5-7-12/h11-12H,4-9H2,1-3H3. The van der Waals surface area contributed by atoms with Crippen LogP contribution in [0.25, 0.3) is 0 Å². The van der Waals surface area contributed by atoms with Crippen molar-refractivity contribution < 1.29 is 14.8 Å². The second-order valence-corrected chi connectivity index (χ2v) is 8.68. The highest BCUT2D eigenvalue weighted by molar-refractivity contribution is 7.65. The molecule has 0 saturated carbocycles. The van der Waals surface area contributed by atoms with Crippen molar-refractivity contribution in [2.75, 3.05) is 25.5 Å². The molecule has 0 rings (SSSR count). The van der Waals surface area contributed by atoms with Crippen LogP contribution in [0.15, 0.2) is 0 Å². The molecule has 0 aliphatic rings. The van der Waals surface area contributed by atoms with E-state index in [0.29, 0.717) is 25.2 Å². The van der Waals surface area contributed by atoms with Crippen molar-refractivity contribution in [1.29, 1.82) is 0 Å². The molecule has 0 radical (unpaired) electrons. The Balaban J connectivity index is 4.43. The zero-order chi connectivity index (χ0) is 11.2. The third kappa shape index (κ3) is 4.12.